The zero-order chi connectivity index (χ0) is 15.4. The summed E-state index contributed by atoms with van der Waals surface area (Å²) in [5.41, 5.74) is 3.33. The van der Waals surface area contributed by atoms with Gasteiger partial charge < -0.3 is 10.6 Å². The minimum absolute atomic E-state index is 0. The molecule has 1 aromatic carbocycles. The van der Waals surface area contributed by atoms with Gasteiger partial charge in [0.2, 0.25) is 5.91 Å². The normalized spacial score (nSPS) is 20.1. The lowest BCUT2D eigenvalue weighted by atomic mass is 10.0. The number of rotatable bonds is 4. The maximum absolute atomic E-state index is 12.4. The molecule has 1 aliphatic rings. The number of aryl methyl sites for hydroxylation is 2. The summed E-state index contributed by atoms with van der Waals surface area (Å²) in [6.45, 7) is 8.08. The highest BCUT2D eigenvalue weighted by Crippen LogP contribution is 2.17. The Bertz CT molecular complexity index is 507. The van der Waals surface area contributed by atoms with E-state index in [9.17, 15) is 4.79 Å². The van der Waals surface area contributed by atoms with Gasteiger partial charge in [0.15, 0.2) is 0 Å². The first-order valence-electron chi connectivity index (χ1n) is 7.80. The van der Waals surface area contributed by atoms with Gasteiger partial charge in [0.05, 0.1) is 6.04 Å². The summed E-state index contributed by atoms with van der Waals surface area (Å²) in [6, 6.07) is 6.46. The van der Waals surface area contributed by atoms with E-state index in [1.54, 1.807) is 0 Å². The van der Waals surface area contributed by atoms with Crippen LogP contribution < -0.4 is 10.6 Å². The summed E-state index contributed by atoms with van der Waals surface area (Å²) >= 11 is 0. The van der Waals surface area contributed by atoms with Gasteiger partial charge in [-0.05, 0) is 70.5 Å². The van der Waals surface area contributed by atoms with E-state index in [0.29, 0.717) is 6.04 Å². The van der Waals surface area contributed by atoms with Crippen LogP contribution in [0.1, 0.15) is 30.9 Å². The quantitative estimate of drug-likeness (QED) is 0.894. The van der Waals surface area contributed by atoms with Crippen LogP contribution in [-0.2, 0) is 4.79 Å². The molecule has 124 valence electrons. The molecule has 2 atom stereocenters. The first-order chi connectivity index (χ1) is 10.0. The van der Waals surface area contributed by atoms with Crippen LogP contribution in [-0.4, -0.2) is 43.0 Å². The first-order valence-corrected chi connectivity index (χ1v) is 7.80. The maximum Gasteiger partial charge on any atom is 0.241 e. The number of nitrogens with zero attached hydrogens (tertiary/aromatic N) is 1. The summed E-state index contributed by atoms with van der Waals surface area (Å²) < 4.78 is 0. The van der Waals surface area contributed by atoms with Crippen molar-refractivity contribution in [2.45, 2.75) is 45.7 Å². The second-order valence-corrected chi connectivity index (χ2v) is 6.09. The van der Waals surface area contributed by atoms with Crippen LogP contribution in [0.4, 0.5) is 5.69 Å². The van der Waals surface area contributed by atoms with E-state index in [0.717, 1.165) is 25.2 Å². The lowest BCUT2D eigenvalue weighted by Gasteiger charge is -2.35. The van der Waals surface area contributed by atoms with E-state index in [4.69, 9.17) is 0 Å². The molecule has 4 nitrogen and oxygen atoms in total. The molecule has 1 amide bonds. The van der Waals surface area contributed by atoms with E-state index in [1.807, 2.05) is 32.2 Å². The van der Waals surface area contributed by atoms with Crippen LogP contribution in [0.15, 0.2) is 18.2 Å². The molecule has 0 bridgehead atoms. The summed E-state index contributed by atoms with van der Waals surface area (Å²) in [4.78, 5) is 14.7. The number of piperidine rings is 1. The molecular weight excluding hydrogens is 298 g/mol. The standard InChI is InChI=1S/C17H27N3O.ClH/c1-12-7-8-15(10-13(12)2)19-17(21)14(3)20-9-5-6-16(11-20)18-4;/h7-8,10,14,16,18H,5-6,9,11H2,1-4H3,(H,19,21);1H. The largest absolute Gasteiger partial charge is 0.325 e. The molecule has 1 heterocycles. The molecule has 5 heteroatoms. The Balaban J connectivity index is 0.00000242. The average Bonchev–Trinajstić information content (AvgIpc) is 2.50. The molecular formula is C17H28ClN3O. The van der Waals surface area contributed by atoms with Gasteiger partial charge in [-0.1, -0.05) is 6.07 Å². The number of anilines is 1. The van der Waals surface area contributed by atoms with Gasteiger partial charge in [-0.25, -0.2) is 0 Å². The van der Waals surface area contributed by atoms with Gasteiger partial charge >= 0.3 is 0 Å². The molecule has 0 radical (unpaired) electrons. The van der Waals surface area contributed by atoms with E-state index in [2.05, 4.69) is 29.4 Å². The minimum Gasteiger partial charge on any atom is -0.325 e. The number of benzene rings is 1. The molecule has 0 spiro atoms. The molecule has 0 saturated carbocycles. The van der Waals surface area contributed by atoms with E-state index in [1.165, 1.54) is 17.5 Å². The third-order valence-corrected chi connectivity index (χ3v) is 4.56. The van der Waals surface area contributed by atoms with Crippen LogP contribution in [0.3, 0.4) is 0 Å². The van der Waals surface area contributed by atoms with E-state index in [-0.39, 0.29) is 24.4 Å². The minimum atomic E-state index is -0.0947. The van der Waals surface area contributed by atoms with Crippen molar-refractivity contribution in [1.29, 1.82) is 0 Å². The molecule has 2 rings (SSSR count). The van der Waals surface area contributed by atoms with Crippen LogP contribution in [0, 0.1) is 13.8 Å². The average molecular weight is 326 g/mol. The predicted octanol–water partition coefficient (Wildman–Crippen LogP) is 2.74. The third kappa shape index (κ3) is 4.70. The second kappa shape index (κ2) is 8.51. The third-order valence-electron chi connectivity index (χ3n) is 4.56. The van der Waals surface area contributed by atoms with Gasteiger partial charge in [0, 0.05) is 18.3 Å². The lowest BCUT2D eigenvalue weighted by molar-refractivity contribution is -0.121. The van der Waals surface area contributed by atoms with Crippen molar-refractivity contribution in [2.24, 2.45) is 0 Å². The second-order valence-electron chi connectivity index (χ2n) is 6.09. The monoisotopic (exact) mass is 325 g/mol. The molecule has 2 unspecified atom stereocenters. The number of hydrogen-bond acceptors (Lipinski definition) is 3. The summed E-state index contributed by atoms with van der Waals surface area (Å²) in [7, 11) is 1.99. The number of amides is 1. The Hall–Kier alpha value is -1.10. The molecule has 1 saturated heterocycles. The summed E-state index contributed by atoms with van der Waals surface area (Å²) in [5.74, 6) is 0.0787. The van der Waals surface area contributed by atoms with Crippen molar-refractivity contribution < 1.29 is 4.79 Å². The van der Waals surface area contributed by atoms with Crippen molar-refractivity contribution >= 4 is 24.0 Å². The highest BCUT2D eigenvalue weighted by molar-refractivity contribution is 5.94. The first kappa shape index (κ1) is 18.9. The van der Waals surface area contributed by atoms with Gasteiger partial charge in [-0.3, -0.25) is 9.69 Å². The molecule has 22 heavy (non-hydrogen) atoms. The lowest BCUT2D eigenvalue weighted by Crippen LogP contribution is -2.51. The van der Waals surface area contributed by atoms with Crippen molar-refractivity contribution in [1.82, 2.24) is 10.2 Å². The van der Waals surface area contributed by atoms with E-state index < -0.39 is 0 Å². The molecule has 1 aliphatic heterocycles. The topological polar surface area (TPSA) is 44.4 Å². The van der Waals surface area contributed by atoms with Crippen LogP contribution in [0.25, 0.3) is 0 Å². The Morgan fingerprint density at radius 2 is 2.05 bits per heavy atom. The Morgan fingerprint density at radius 1 is 1.32 bits per heavy atom. The fourth-order valence-electron chi connectivity index (χ4n) is 2.83. The fraction of sp³-hybridized carbons (Fsp3) is 0.588. The molecule has 0 aromatic heterocycles. The van der Waals surface area contributed by atoms with Crippen molar-refractivity contribution in [3.63, 3.8) is 0 Å². The SMILES string of the molecule is CNC1CCCN(C(C)C(=O)Nc2ccc(C)c(C)c2)C1.Cl. The number of halogens is 1. The van der Waals surface area contributed by atoms with Crippen molar-refractivity contribution in [3.8, 4) is 0 Å². The van der Waals surface area contributed by atoms with Gasteiger partial charge in [0.25, 0.3) is 0 Å². The van der Waals surface area contributed by atoms with Gasteiger partial charge in [-0.2, -0.15) is 0 Å². The summed E-state index contributed by atoms with van der Waals surface area (Å²) in [6.07, 6.45) is 2.34. The Labute approximate surface area is 140 Å². The predicted molar refractivity (Wildman–Crippen MR) is 94.9 cm³/mol. The number of likely N-dealkylation sites (tertiary alicyclic amines) is 1. The highest BCUT2D eigenvalue weighted by Gasteiger charge is 2.26. The molecule has 2 N–H and O–H groups in total. The highest BCUT2D eigenvalue weighted by atomic mass is 35.5. The van der Waals surface area contributed by atoms with Crippen LogP contribution >= 0.6 is 12.4 Å². The molecule has 1 fully saturated rings. The van der Waals surface area contributed by atoms with Crippen LogP contribution in [0.5, 0.6) is 0 Å². The molecule has 0 aliphatic carbocycles. The smallest absolute Gasteiger partial charge is 0.241 e. The van der Waals surface area contributed by atoms with Crippen LogP contribution in [0.2, 0.25) is 0 Å². The van der Waals surface area contributed by atoms with Crippen molar-refractivity contribution in [2.75, 3.05) is 25.5 Å². The number of hydrogen-bond donors (Lipinski definition) is 2. The van der Waals surface area contributed by atoms with E-state index >= 15 is 0 Å². The zero-order valence-electron chi connectivity index (χ0n) is 14.0. The van der Waals surface area contributed by atoms with Crippen molar-refractivity contribution in [3.05, 3.63) is 29.3 Å². The number of carbonyl (C=O) groups excluding carboxylic acids is 1. The number of nitrogens with one attached hydrogen (secondary N) is 2. The Kier molecular flexibility index (Phi) is 7.33. The molecule has 1 aromatic rings. The summed E-state index contributed by atoms with van der Waals surface area (Å²) in [5, 5.41) is 6.36. The number of carbonyl (C=O) groups is 1. The Morgan fingerprint density at radius 3 is 2.68 bits per heavy atom. The zero-order valence-corrected chi connectivity index (χ0v) is 14.8. The fourth-order valence-corrected chi connectivity index (χ4v) is 2.83. The maximum atomic E-state index is 12.4. The van der Waals surface area contributed by atoms with Gasteiger partial charge in [0.1, 0.15) is 0 Å². The van der Waals surface area contributed by atoms with Gasteiger partial charge in [-0.15, -0.1) is 12.4 Å². The number of likely N-dealkylation sites (N-methyl/N-ethyl adjacent to an activating group) is 1.